The van der Waals surface area contributed by atoms with Gasteiger partial charge in [0.15, 0.2) is 4.90 Å². The van der Waals surface area contributed by atoms with Gasteiger partial charge in [0.2, 0.25) is 15.9 Å². The van der Waals surface area contributed by atoms with Crippen LogP contribution in [-0.4, -0.2) is 44.8 Å². The third-order valence-corrected chi connectivity index (χ3v) is 6.90. The fraction of sp³-hybridized carbons (Fsp3) is 0.300. The lowest BCUT2D eigenvalue weighted by Crippen LogP contribution is -2.48. The second-order valence-electron chi connectivity index (χ2n) is 7.19. The van der Waals surface area contributed by atoms with Crippen LogP contribution < -0.4 is 4.72 Å². The zero-order chi connectivity index (χ0) is 21.5. The van der Waals surface area contributed by atoms with Gasteiger partial charge in [-0.25, -0.2) is 26.7 Å². The predicted molar refractivity (Wildman–Crippen MR) is 101 cm³/mol. The minimum atomic E-state index is -4.54. The van der Waals surface area contributed by atoms with Gasteiger partial charge in [-0.05, 0) is 18.2 Å². The highest BCUT2D eigenvalue weighted by Crippen LogP contribution is 2.43. The number of benzene rings is 2. The summed E-state index contributed by atoms with van der Waals surface area (Å²) in [6, 6.07) is 9.79. The fourth-order valence-corrected chi connectivity index (χ4v) is 5.02. The van der Waals surface area contributed by atoms with Gasteiger partial charge in [0, 0.05) is 31.5 Å². The maximum atomic E-state index is 13.8. The number of sulfonamides is 1. The molecule has 4 rings (SSSR count). The van der Waals surface area contributed by atoms with E-state index in [4.69, 9.17) is 4.74 Å². The Labute approximate surface area is 171 Å². The highest BCUT2D eigenvalue weighted by molar-refractivity contribution is 7.89. The van der Waals surface area contributed by atoms with Crippen molar-refractivity contribution in [2.45, 2.75) is 23.3 Å². The monoisotopic (exact) mass is 436 g/mol. The van der Waals surface area contributed by atoms with E-state index >= 15 is 0 Å². The first-order chi connectivity index (χ1) is 14.2. The van der Waals surface area contributed by atoms with Crippen LogP contribution in [-0.2, 0) is 25.2 Å². The standard InChI is InChI=1S/C20H18F2N2O5S/c21-15-6-3-7-16(22)18(15)30(27,28)23-12-17(25)24-10-8-20(9-11-24)14-5-2-1-4-13(14)19(26)29-20/h1-7,23H,8-12H2. The summed E-state index contributed by atoms with van der Waals surface area (Å²) < 4.78 is 59.5. The smallest absolute Gasteiger partial charge is 0.339 e. The lowest BCUT2D eigenvalue weighted by Gasteiger charge is -2.38. The van der Waals surface area contributed by atoms with Crippen LogP contribution in [0.1, 0.15) is 28.8 Å². The number of nitrogens with zero attached hydrogens (tertiary/aromatic N) is 1. The Morgan fingerprint density at radius 2 is 1.70 bits per heavy atom. The molecule has 1 spiro atoms. The van der Waals surface area contributed by atoms with Crippen LogP contribution in [0.5, 0.6) is 0 Å². The number of carbonyl (C=O) groups excluding carboxylic acids is 2. The molecule has 0 atom stereocenters. The summed E-state index contributed by atoms with van der Waals surface area (Å²) in [6.07, 6.45) is 0.742. The van der Waals surface area contributed by atoms with E-state index in [0.29, 0.717) is 18.4 Å². The molecular formula is C20H18F2N2O5S. The molecule has 7 nitrogen and oxygen atoms in total. The van der Waals surface area contributed by atoms with Crippen molar-refractivity contribution in [1.82, 2.24) is 9.62 Å². The molecule has 1 N–H and O–H groups in total. The predicted octanol–water partition coefficient (Wildman–Crippen LogP) is 1.93. The molecule has 0 unspecified atom stereocenters. The number of fused-ring (bicyclic) bond motifs is 2. The summed E-state index contributed by atoms with van der Waals surface area (Å²) in [5.74, 6) is -3.42. The normalized spacial score (nSPS) is 17.7. The molecular weight excluding hydrogens is 418 g/mol. The van der Waals surface area contributed by atoms with Crippen molar-refractivity contribution in [2.24, 2.45) is 0 Å². The average Bonchev–Trinajstić information content (AvgIpc) is 2.98. The first kappa shape index (κ1) is 20.4. The third-order valence-electron chi connectivity index (χ3n) is 5.45. The Morgan fingerprint density at radius 1 is 1.07 bits per heavy atom. The van der Waals surface area contributed by atoms with Crippen molar-refractivity contribution in [2.75, 3.05) is 19.6 Å². The number of carbonyl (C=O) groups is 2. The summed E-state index contributed by atoms with van der Waals surface area (Å²) in [7, 11) is -4.54. The third kappa shape index (κ3) is 3.46. The lowest BCUT2D eigenvalue weighted by molar-refractivity contribution is -0.134. The van der Waals surface area contributed by atoms with Gasteiger partial charge in [-0.1, -0.05) is 24.3 Å². The minimum absolute atomic E-state index is 0.246. The topological polar surface area (TPSA) is 92.8 Å². The van der Waals surface area contributed by atoms with Gasteiger partial charge < -0.3 is 9.64 Å². The molecule has 1 saturated heterocycles. The Morgan fingerprint density at radius 3 is 2.37 bits per heavy atom. The summed E-state index contributed by atoms with van der Waals surface area (Å²) in [6.45, 7) is -0.147. The molecule has 10 heteroatoms. The van der Waals surface area contributed by atoms with Crippen LogP contribution in [0.3, 0.4) is 0 Å². The first-order valence-electron chi connectivity index (χ1n) is 9.28. The number of rotatable bonds is 4. The second-order valence-corrected chi connectivity index (χ2v) is 8.89. The molecule has 0 bridgehead atoms. The summed E-state index contributed by atoms with van der Waals surface area (Å²) >= 11 is 0. The van der Waals surface area contributed by atoms with Crippen LogP contribution in [0.4, 0.5) is 8.78 Å². The molecule has 2 aromatic carbocycles. The lowest BCUT2D eigenvalue weighted by atomic mass is 9.84. The quantitative estimate of drug-likeness (QED) is 0.740. The number of halogens is 2. The van der Waals surface area contributed by atoms with Crippen molar-refractivity contribution in [3.05, 3.63) is 65.2 Å². The van der Waals surface area contributed by atoms with Crippen molar-refractivity contribution in [3.8, 4) is 0 Å². The molecule has 158 valence electrons. The Hall–Kier alpha value is -2.85. The van der Waals surface area contributed by atoms with Gasteiger partial charge >= 0.3 is 5.97 Å². The van der Waals surface area contributed by atoms with Gasteiger partial charge in [0.05, 0.1) is 12.1 Å². The van der Waals surface area contributed by atoms with E-state index in [1.54, 1.807) is 12.1 Å². The molecule has 0 aliphatic carbocycles. The largest absolute Gasteiger partial charge is 0.450 e. The molecule has 0 radical (unpaired) electrons. The zero-order valence-corrected chi connectivity index (χ0v) is 16.5. The van der Waals surface area contributed by atoms with Crippen LogP contribution in [0.15, 0.2) is 47.4 Å². The number of likely N-dealkylation sites (tertiary alicyclic amines) is 1. The van der Waals surface area contributed by atoms with E-state index in [1.165, 1.54) is 4.90 Å². The number of amides is 1. The van der Waals surface area contributed by atoms with E-state index < -0.39 is 50.6 Å². The van der Waals surface area contributed by atoms with Gasteiger partial charge in [0.25, 0.3) is 0 Å². The summed E-state index contributed by atoms with van der Waals surface area (Å²) in [5.41, 5.74) is 0.509. The highest BCUT2D eigenvalue weighted by atomic mass is 32.2. The number of ether oxygens (including phenoxy) is 1. The van der Waals surface area contributed by atoms with Crippen LogP contribution in [0.2, 0.25) is 0 Å². The molecule has 2 aliphatic heterocycles. The number of nitrogens with one attached hydrogen (secondary N) is 1. The summed E-state index contributed by atoms with van der Waals surface area (Å²) in [4.78, 5) is 24.9. The fourth-order valence-electron chi connectivity index (χ4n) is 3.91. The molecule has 2 aromatic rings. The van der Waals surface area contributed by atoms with Crippen LogP contribution in [0, 0.1) is 11.6 Å². The minimum Gasteiger partial charge on any atom is -0.450 e. The second kappa shape index (κ2) is 7.44. The molecule has 0 saturated carbocycles. The Bertz CT molecular complexity index is 1110. The SMILES string of the molecule is O=C1OC2(CCN(C(=O)CNS(=O)(=O)c3c(F)cccc3F)CC2)c2ccccc21. The van der Waals surface area contributed by atoms with Crippen molar-refractivity contribution >= 4 is 21.9 Å². The van der Waals surface area contributed by atoms with E-state index in [0.717, 1.165) is 23.8 Å². The maximum absolute atomic E-state index is 13.8. The van der Waals surface area contributed by atoms with Crippen LogP contribution in [0.25, 0.3) is 0 Å². The van der Waals surface area contributed by atoms with E-state index in [2.05, 4.69) is 0 Å². The van der Waals surface area contributed by atoms with Crippen molar-refractivity contribution in [1.29, 1.82) is 0 Å². The van der Waals surface area contributed by atoms with Crippen LogP contribution >= 0.6 is 0 Å². The molecule has 1 fully saturated rings. The van der Waals surface area contributed by atoms with Gasteiger partial charge in [-0.15, -0.1) is 0 Å². The number of hydrogen-bond donors (Lipinski definition) is 1. The maximum Gasteiger partial charge on any atom is 0.339 e. The van der Waals surface area contributed by atoms with Gasteiger partial charge in [-0.2, -0.15) is 0 Å². The van der Waals surface area contributed by atoms with Crippen molar-refractivity contribution < 1.29 is 31.5 Å². The summed E-state index contributed by atoms with van der Waals surface area (Å²) in [5, 5.41) is 0. The highest BCUT2D eigenvalue weighted by Gasteiger charge is 2.47. The average molecular weight is 436 g/mol. The number of piperidine rings is 1. The van der Waals surface area contributed by atoms with E-state index in [-0.39, 0.29) is 13.1 Å². The molecule has 30 heavy (non-hydrogen) atoms. The van der Waals surface area contributed by atoms with E-state index in [9.17, 15) is 26.8 Å². The van der Waals surface area contributed by atoms with Gasteiger partial charge in [0.1, 0.15) is 17.2 Å². The van der Waals surface area contributed by atoms with E-state index in [1.807, 2.05) is 16.9 Å². The van der Waals surface area contributed by atoms with Gasteiger partial charge in [-0.3, -0.25) is 4.79 Å². The number of esters is 1. The first-order valence-corrected chi connectivity index (χ1v) is 10.8. The molecule has 2 heterocycles. The molecule has 2 aliphatic rings. The van der Waals surface area contributed by atoms with Crippen molar-refractivity contribution in [3.63, 3.8) is 0 Å². The Kier molecular flexibility index (Phi) is 5.07. The molecule has 1 amide bonds. The zero-order valence-electron chi connectivity index (χ0n) is 15.7. The Balaban J connectivity index is 1.41. The number of hydrogen-bond acceptors (Lipinski definition) is 5. The molecule has 0 aromatic heterocycles.